The highest BCUT2D eigenvalue weighted by Crippen LogP contribution is 2.39. The van der Waals surface area contributed by atoms with Crippen molar-refractivity contribution in [1.82, 2.24) is 14.8 Å². The maximum Gasteiger partial charge on any atom is 0.192 e. The third-order valence-corrected chi connectivity index (χ3v) is 12.1. The van der Waals surface area contributed by atoms with E-state index >= 15 is 0 Å². The molecule has 0 aliphatic carbocycles. The average molecular weight is 470 g/mol. The van der Waals surface area contributed by atoms with E-state index in [1.165, 1.54) is 5.69 Å². The Bertz CT molecular complexity index is 1080. The Morgan fingerprint density at radius 1 is 1.25 bits per heavy atom. The molecule has 0 radical (unpaired) electrons. The number of hydrogen-bond acceptors (Lipinski definition) is 6. The number of nitrogens with one attached hydrogen (secondary N) is 1. The lowest BCUT2D eigenvalue weighted by Crippen LogP contribution is -2.44. The second kappa shape index (κ2) is 8.65. The van der Waals surface area contributed by atoms with Crippen LogP contribution in [0.4, 0.5) is 10.8 Å². The van der Waals surface area contributed by atoms with Crippen LogP contribution in [-0.2, 0) is 11.5 Å². The summed E-state index contributed by atoms with van der Waals surface area (Å²) in [5.41, 5.74) is 5.33. The number of anilines is 2. The van der Waals surface area contributed by atoms with Gasteiger partial charge < -0.3 is 14.6 Å². The molecule has 3 aromatic rings. The molecule has 1 atom stereocenters. The maximum atomic E-state index is 6.69. The predicted molar refractivity (Wildman–Crippen MR) is 138 cm³/mol. The fraction of sp³-hybridized carbons (Fsp3) is 0.500. The summed E-state index contributed by atoms with van der Waals surface area (Å²) in [4.78, 5) is 7.14. The van der Waals surface area contributed by atoms with E-state index in [4.69, 9.17) is 14.5 Å². The van der Waals surface area contributed by atoms with Crippen LogP contribution in [0.3, 0.4) is 0 Å². The fourth-order valence-electron chi connectivity index (χ4n) is 3.90. The van der Waals surface area contributed by atoms with Crippen LogP contribution in [0, 0.1) is 0 Å². The summed E-state index contributed by atoms with van der Waals surface area (Å²) in [7, 11) is 2.10. The minimum Gasteiger partial charge on any atom is -0.412 e. The quantitative estimate of drug-likeness (QED) is 0.459. The Morgan fingerprint density at radius 3 is 2.72 bits per heavy atom. The van der Waals surface area contributed by atoms with Crippen LogP contribution in [0.2, 0.25) is 18.1 Å². The SMILES string of the molecule is CNc1nc(-c2cn(C)nc2-c2cccc(N3CCC(O[Si](C)(C)C(C)(C)C)C3)c2)cs1. The maximum absolute atomic E-state index is 6.69. The molecule has 0 amide bonds. The first kappa shape index (κ1) is 23.0. The Hall–Kier alpha value is -2.16. The normalized spacial score (nSPS) is 17.2. The lowest BCUT2D eigenvalue weighted by Gasteiger charge is -2.38. The summed E-state index contributed by atoms with van der Waals surface area (Å²) in [6, 6.07) is 8.72. The van der Waals surface area contributed by atoms with E-state index < -0.39 is 8.32 Å². The third-order valence-electron chi connectivity index (χ3n) is 6.72. The number of benzene rings is 1. The first-order chi connectivity index (χ1) is 15.1. The lowest BCUT2D eigenvalue weighted by atomic mass is 10.1. The van der Waals surface area contributed by atoms with Gasteiger partial charge in [-0.05, 0) is 36.7 Å². The Kier molecular flexibility index (Phi) is 6.22. The van der Waals surface area contributed by atoms with Crippen molar-refractivity contribution in [3.05, 3.63) is 35.8 Å². The molecular formula is C24H35N5OSSi. The van der Waals surface area contributed by atoms with E-state index in [0.717, 1.165) is 47.2 Å². The van der Waals surface area contributed by atoms with Crippen LogP contribution in [0.1, 0.15) is 27.2 Å². The molecule has 8 heteroatoms. The van der Waals surface area contributed by atoms with Crippen LogP contribution in [-0.4, -0.2) is 49.3 Å². The molecule has 1 saturated heterocycles. The van der Waals surface area contributed by atoms with Crippen molar-refractivity contribution in [1.29, 1.82) is 0 Å². The smallest absolute Gasteiger partial charge is 0.192 e. The van der Waals surface area contributed by atoms with Gasteiger partial charge in [0.15, 0.2) is 13.4 Å². The van der Waals surface area contributed by atoms with Gasteiger partial charge in [0.05, 0.1) is 11.8 Å². The van der Waals surface area contributed by atoms with Gasteiger partial charge in [0.1, 0.15) is 5.69 Å². The van der Waals surface area contributed by atoms with Gasteiger partial charge >= 0.3 is 0 Å². The van der Waals surface area contributed by atoms with E-state index in [-0.39, 0.29) is 5.04 Å². The highest BCUT2D eigenvalue weighted by atomic mass is 32.1. The second-order valence-corrected chi connectivity index (χ2v) is 15.8. The van der Waals surface area contributed by atoms with Crippen LogP contribution in [0.25, 0.3) is 22.5 Å². The molecule has 0 spiro atoms. The molecule has 0 bridgehead atoms. The molecule has 1 aliphatic rings. The first-order valence-electron chi connectivity index (χ1n) is 11.3. The topological polar surface area (TPSA) is 55.2 Å². The molecule has 32 heavy (non-hydrogen) atoms. The zero-order valence-electron chi connectivity index (χ0n) is 20.3. The van der Waals surface area contributed by atoms with Gasteiger partial charge in [0, 0.05) is 55.6 Å². The summed E-state index contributed by atoms with van der Waals surface area (Å²) in [5.74, 6) is 0. The monoisotopic (exact) mass is 469 g/mol. The summed E-state index contributed by atoms with van der Waals surface area (Å²) in [6.07, 6.45) is 3.44. The number of aromatic nitrogens is 3. The van der Waals surface area contributed by atoms with Crippen molar-refractivity contribution in [2.75, 3.05) is 30.4 Å². The van der Waals surface area contributed by atoms with Gasteiger partial charge in [-0.25, -0.2) is 4.98 Å². The van der Waals surface area contributed by atoms with Crippen molar-refractivity contribution >= 4 is 30.5 Å². The zero-order chi connectivity index (χ0) is 23.1. The van der Waals surface area contributed by atoms with Crippen molar-refractivity contribution in [2.24, 2.45) is 7.05 Å². The molecule has 172 valence electrons. The third kappa shape index (κ3) is 4.63. The average Bonchev–Trinajstić information content (AvgIpc) is 3.46. The van der Waals surface area contributed by atoms with Gasteiger partial charge in [-0.1, -0.05) is 32.9 Å². The fourth-order valence-corrected chi connectivity index (χ4v) is 5.95. The molecule has 1 unspecified atom stereocenters. The Labute approximate surface area is 196 Å². The molecule has 6 nitrogen and oxygen atoms in total. The van der Waals surface area contributed by atoms with E-state index in [2.05, 4.69) is 79.9 Å². The van der Waals surface area contributed by atoms with Gasteiger partial charge in [0.25, 0.3) is 0 Å². The minimum atomic E-state index is -1.76. The summed E-state index contributed by atoms with van der Waals surface area (Å²) in [6.45, 7) is 13.6. The lowest BCUT2D eigenvalue weighted by molar-refractivity contribution is 0.202. The van der Waals surface area contributed by atoms with Crippen molar-refractivity contribution in [3.8, 4) is 22.5 Å². The molecule has 1 aromatic carbocycles. The molecule has 1 aliphatic heterocycles. The number of rotatable bonds is 6. The Balaban J connectivity index is 1.56. The number of thiazole rings is 1. The van der Waals surface area contributed by atoms with E-state index in [9.17, 15) is 0 Å². The van der Waals surface area contributed by atoms with Gasteiger partial charge in [-0.3, -0.25) is 4.68 Å². The highest BCUT2D eigenvalue weighted by Gasteiger charge is 2.40. The molecule has 1 fully saturated rings. The molecule has 4 rings (SSSR count). The van der Waals surface area contributed by atoms with Gasteiger partial charge in [-0.2, -0.15) is 5.10 Å². The zero-order valence-corrected chi connectivity index (χ0v) is 22.1. The molecule has 0 saturated carbocycles. The summed E-state index contributed by atoms with van der Waals surface area (Å²) in [5, 5.41) is 11.1. The highest BCUT2D eigenvalue weighted by molar-refractivity contribution is 7.14. The van der Waals surface area contributed by atoms with Crippen molar-refractivity contribution in [2.45, 2.75) is 51.4 Å². The number of hydrogen-bond donors (Lipinski definition) is 1. The van der Waals surface area contributed by atoms with Crippen LogP contribution >= 0.6 is 11.3 Å². The summed E-state index contributed by atoms with van der Waals surface area (Å²) < 4.78 is 8.56. The molecule has 3 heterocycles. The molecule has 2 aromatic heterocycles. The standard InChI is InChI=1S/C24H35N5OSSi/c1-24(2,3)32(6,7)30-19-11-12-29(14-19)18-10-8-9-17(13-18)22-20(15-28(5)27-22)21-16-31-23(25-4)26-21/h8-10,13,15-16,19H,11-12,14H2,1-7H3,(H,25,26). The minimum absolute atomic E-state index is 0.235. The van der Waals surface area contributed by atoms with Crippen LogP contribution in [0.5, 0.6) is 0 Å². The van der Waals surface area contributed by atoms with E-state index in [0.29, 0.717) is 6.10 Å². The van der Waals surface area contributed by atoms with E-state index in [1.807, 2.05) is 18.8 Å². The molecular weight excluding hydrogens is 434 g/mol. The van der Waals surface area contributed by atoms with Crippen molar-refractivity contribution < 1.29 is 4.43 Å². The van der Waals surface area contributed by atoms with Crippen LogP contribution < -0.4 is 10.2 Å². The van der Waals surface area contributed by atoms with Crippen LogP contribution in [0.15, 0.2) is 35.8 Å². The van der Waals surface area contributed by atoms with E-state index in [1.54, 1.807) is 11.3 Å². The van der Waals surface area contributed by atoms with Crippen molar-refractivity contribution in [3.63, 3.8) is 0 Å². The summed E-state index contributed by atoms with van der Waals surface area (Å²) >= 11 is 1.61. The van der Waals surface area contributed by atoms with Gasteiger partial charge in [-0.15, -0.1) is 11.3 Å². The number of aryl methyl sites for hydroxylation is 1. The Morgan fingerprint density at radius 2 is 2.03 bits per heavy atom. The largest absolute Gasteiger partial charge is 0.412 e. The first-order valence-corrected chi connectivity index (χ1v) is 15.1. The second-order valence-electron chi connectivity index (χ2n) is 10.1. The number of nitrogens with zero attached hydrogens (tertiary/aromatic N) is 4. The predicted octanol–water partition coefficient (Wildman–Crippen LogP) is 5.85. The van der Waals surface area contributed by atoms with Gasteiger partial charge in [0.2, 0.25) is 0 Å². The molecule has 1 N–H and O–H groups in total.